The Kier molecular flexibility index (Phi) is 4.40. The third-order valence-electron chi connectivity index (χ3n) is 7.62. The summed E-state index contributed by atoms with van der Waals surface area (Å²) in [7, 11) is 0. The highest BCUT2D eigenvalue weighted by molar-refractivity contribution is 5.91. The Bertz CT molecular complexity index is 770. The molecule has 1 aromatic heterocycles. The molecule has 0 unspecified atom stereocenters. The standard InChI is InChI=1S/C22H30N4O2/c1-2-20(28)26-4-3-17-18(12-26)23-13-24-21(17)25-19(27)11-22-8-14-5-15(9-22)7-16(6-14)10-22/h13-16H,2-12H2,1H3,(H,23,24,25,27). The summed E-state index contributed by atoms with van der Waals surface area (Å²) in [6.07, 6.45) is 11.3. The molecule has 0 spiro atoms. The number of anilines is 1. The van der Waals surface area contributed by atoms with Crippen molar-refractivity contribution in [1.82, 2.24) is 14.9 Å². The Morgan fingerprint density at radius 1 is 1.14 bits per heavy atom. The first-order chi connectivity index (χ1) is 13.5. The quantitative estimate of drug-likeness (QED) is 0.867. The number of hydrogen-bond acceptors (Lipinski definition) is 4. The molecule has 150 valence electrons. The van der Waals surface area contributed by atoms with E-state index in [1.807, 2.05) is 11.8 Å². The smallest absolute Gasteiger partial charge is 0.226 e. The van der Waals surface area contributed by atoms with Crippen molar-refractivity contribution in [3.8, 4) is 0 Å². The van der Waals surface area contributed by atoms with E-state index in [-0.39, 0.29) is 17.2 Å². The fraction of sp³-hybridized carbons (Fsp3) is 0.727. The molecule has 0 radical (unpaired) electrons. The maximum absolute atomic E-state index is 13.0. The lowest BCUT2D eigenvalue weighted by Gasteiger charge is -2.56. The van der Waals surface area contributed by atoms with E-state index in [9.17, 15) is 9.59 Å². The van der Waals surface area contributed by atoms with Crippen molar-refractivity contribution in [1.29, 1.82) is 0 Å². The molecule has 2 amide bonds. The van der Waals surface area contributed by atoms with Crippen molar-refractivity contribution in [3.05, 3.63) is 17.6 Å². The van der Waals surface area contributed by atoms with Gasteiger partial charge in [-0.25, -0.2) is 9.97 Å². The molecule has 4 fully saturated rings. The van der Waals surface area contributed by atoms with Crippen LogP contribution in [0.3, 0.4) is 0 Å². The van der Waals surface area contributed by atoms with E-state index in [2.05, 4.69) is 15.3 Å². The van der Waals surface area contributed by atoms with Gasteiger partial charge in [-0.2, -0.15) is 0 Å². The number of aromatic nitrogens is 2. The molecule has 1 aromatic rings. The molecule has 6 heteroatoms. The monoisotopic (exact) mass is 382 g/mol. The van der Waals surface area contributed by atoms with Crippen LogP contribution in [0.25, 0.3) is 0 Å². The number of nitrogens with zero attached hydrogens (tertiary/aromatic N) is 3. The molecule has 1 aliphatic heterocycles. The van der Waals surface area contributed by atoms with E-state index >= 15 is 0 Å². The lowest BCUT2D eigenvalue weighted by atomic mass is 9.49. The van der Waals surface area contributed by atoms with Crippen LogP contribution in [0.2, 0.25) is 0 Å². The third-order valence-corrected chi connectivity index (χ3v) is 7.62. The summed E-state index contributed by atoms with van der Waals surface area (Å²) in [4.78, 5) is 35.6. The fourth-order valence-corrected chi connectivity index (χ4v) is 6.92. The Morgan fingerprint density at radius 3 is 2.46 bits per heavy atom. The summed E-state index contributed by atoms with van der Waals surface area (Å²) in [6.45, 7) is 3.07. The minimum atomic E-state index is 0.106. The van der Waals surface area contributed by atoms with Gasteiger partial charge in [0.15, 0.2) is 0 Å². The first kappa shape index (κ1) is 18.1. The van der Waals surface area contributed by atoms with Gasteiger partial charge in [0.2, 0.25) is 11.8 Å². The van der Waals surface area contributed by atoms with Crippen LogP contribution in [-0.2, 0) is 22.6 Å². The third kappa shape index (κ3) is 3.20. The maximum Gasteiger partial charge on any atom is 0.226 e. The van der Waals surface area contributed by atoms with Crippen molar-refractivity contribution < 1.29 is 9.59 Å². The Balaban J connectivity index is 1.28. The molecule has 1 N–H and O–H groups in total. The topological polar surface area (TPSA) is 75.2 Å². The summed E-state index contributed by atoms with van der Waals surface area (Å²) in [5.74, 6) is 3.48. The van der Waals surface area contributed by atoms with Crippen LogP contribution in [-0.4, -0.2) is 33.2 Å². The highest BCUT2D eigenvalue weighted by Crippen LogP contribution is 2.61. The van der Waals surface area contributed by atoms with Gasteiger partial charge in [-0.15, -0.1) is 0 Å². The molecule has 4 bridgehead atoms. The second kappa shape index (κ2) is 6.82. The van der Waals surface area contributed by atoms with Crippen molar-refractivity contribution in [2.45, 2.75) is 71.3 Å². The number of nitrogens with one attached hydrogen (secondary N) is 1. The minimum absolute atomic E-state index is 0.106. The lowest BCUT2D eigenvalue weighted by molar-refractivity contribution is -0.131. The van der Waals surface area contributed by atoms with Gasteiger partial charge in [-0.3, -0.25) is 9.59 Å². The number of amides is 2. The van der Waals surface area contributed by atoms with Crippen molar-refractivity contribution in [2.75, 3.05) is 11.9 Å². The Labute approximate surface area is 166 Å². The van der Waals surface area contributed by atoms with E-state index in [0.717, 1.165) is 29.0 Å². The largest absolute Gasteiger partial charge is 0.336 e. The number of rotatable bonds is 4. The molecule has 6 nitrogen and oxygen atoms in total. The molecule has 5 aliphatic rings. The van der Waals surface area contributed by atoms with E-state index in [1.165, 1.54) is 44.9 Å². The predicted molar refractivity (Wildman–Crippen MR) is 105 cm³/mol. The van der Waals surface area contributed by atoms with Crippen LogP contribution < -0.4 is 5.32 Å². The van der Waals surface area contributed by atoms with Gasteiger partial charge < -0.3 is 10.2 Å². The van der Waals surface area contributed by atoms with Gasteiger partial charge in [0.05, 0.1) is 12.2 Å². The first-order valence-corrected chi connectivity index (χ1v) is 10.9. The summed E-state index contributed by atoms with van der Waals surface area (Å²) in [5, 5.41) is 3.11. The van der Waals surface area contributed by atoms with Crippen molar-refractivity contribution in [3.63, 3.8) is 0 Å². The summed E-state index contributed by atoms with van der Waals surface area (Å²) in [6, 6.07) is 0. The molecule has 0 aromatic carbocycles. The molecule has 4 aliphatic carbocycles. The van der Waals surface area contributed by atoms with Gasteiger partial charge in [-0.1, -0.05) is 6.92 Å². The zero-order chi connectivity index (χ0) is 19.3. The van der Waals surface area contributed by atoms with Gasteiger partial charge in [-0.05, 0) is 68.1 Å². The second-order valence-electron chi connectivity index (χ2n) is 9.71. The van der Waals surface area contributed by atoms with Crippen LogP contribution in [0.1, 0.15) is 69.5 Å². The van der Waals surface area contributed by atoms with E-state index < -0.39 is 0 Å². The molecule has 2 heterocycles. The summed E-state index contributed by atoms with van der Waals surface area (Å²) >= 11 is 0. The normalized spacial score (nSPS) is 32.9. The van der Waals surface area contributed by atoms with E-state index in [4.69, 9.17) is 0 Å². The fourth-order valence-electron chi connectivity index (χ4n) is 6.92. The van der Waals surface area contributed by atoms with E-state index in [0.29, 0.717) is 38.2 Å². The molecule has 0 saturated heterocycles. The van der Waals surface area contributed by atoms with Gasteiger partial charge in [0, 0.05) is 24.9 Å². The SMILES string of the molecule is CCC(=O)N1CCc2c(ncnc2NC(=O)CC23CC4CC(CC(C4)C2)C3)C1. The second-order valence-corrected chi connectivity index (χ2v) is 9.71. The maximum atomic E-state index is 13.0. The number of hydrogen-bond donors (Lipinski definition) is 1. The van der Waals surface area contributed by atoms with Crippen molar-refractivity contribution in [2.24, 2.45) is 23.2 Å². The molecular formula is C22H30N4O2. The van der Waals surface area contributed by atoms with Crippen LogP contribution >= 0.6 is 0 Å². The van der Waals surface area contributed by atoms with Gasteiger partial charge >= 0.3 is 0 Å². The minimum Gasteiger partial charge on any atom is -0.336 e. The number of carbonyl (C=O) groups excluding carboxylic acids is 2. The average molecular weight is 383 g/mol. The summed E-state index contributed by atoms with van der Waals surface area (Å²) in [5.41, 5.74) is 2.10. The predicted octanol–water partition coefficient (Wildman–Crippen LogP) is 3.32. The Hall–Kier alpha value is -1.98. The summed E-state index contributed by atoms with van der Waals surface area (Å²) < 4.78 is 0. The van der Waals surface area contributed by atoms with Crippen molar-refractivity contribution >= 4 is 17.6 Å². The number of carbonyl (C=O) groups is 2. The molecular weight excluding hydrogens is 352 g/mol. The average Bonchev–Trinajstić information content (AvgIpc) is 2.65. The number of fused-ring (bicyclic) bond motifs is 1. The van der Waals surface area contributed by atoms with Gasteiger partial charge in [0.1, 0.15) is 12.1 Å². The highest BCUT2D eigenvalue weighted by atomic mass is 16.2. The highest BCUT2D eigenvalue weighted by Gasteiger charge is 2.51. The van der Waals surface area contributed by atoms with Crippen LogP contribution in [0, 0.1) is 23.2 Å². The van der Waals surface area contributed by atoms with Crippen LogP contribution in [0.15, 0.2) is 6.33 Å². The molecule has 28 heavy (non-hydrogen) atoms. The lowest BCUT2D eigenvalue weighted by Crippen LogP contribution is -2.47. The molecule has 6 rings (SSSR count). The van der Waals surface area contributed by atoms with Gasteiger partial charge in [0.25, 0.3) is 0 Å². The molecule has 4 saturated carbocycles. The Morgan fingerprint density at radius 2 is 1.82 bits per heavy atom. The van der Waals surface area contributed by atoms with Crippen LogP contribution in [0.5, 0.6) is 0 Å². The molecule has 0 atom stereocenters. The first-order valence-electron chi connectivity index (χ1n) is 10.9. The zero-order valence-corrected chi connectivity index (χ0v) is 16.7. The zero-order valence-electron chi connectivity index (χ0n) is 16.7. The van der Waals surface area contributed by atoms with E-state index in [1.54, 1.807) is 0 Å². The van der Waals surface area contributed by atoms with Crippen LogP contribution in [0.4, 0.5) is 5.82 Å².